The molecule has 1 fully saturated rings. The van der Waals surface area contributed by atoms with Gasteiger partial charge in [0, 0.05) is 49.4 Å². The second-order valence-electron chi connectivity index (χ2n) is 7.73. The third-order valence-electron chi connectivity index (χ3n) is 5.67. The molecule has 0 atom stereocenters. The molecule has 3 aromatic carbocycles. The van der Waals surface area contributed by atoms with Gasteiger partial charge in [0.25, 0.3) is 0 Å². The summed E-state index contributed by atoms with van der Waals surface area (Å²) in [5.41, 5.74) is 1.91. The van der Waals surface area contributed by atoms with Gasteiger partial charge in [0.2, 0.25) is 21.7 Å². The molecule has 0 aliphatic carbocycles. The predicted octanol–water partition coefficient (Wildman–Crippen LogP) is 4.36. The van der Waals surface area contributed by atoms with Gasteiger partial charge in [0.05, 0.1) is 4.90 Å². The minimum absolute atomic E-state index is 0.306. The summed E-state index contributed by atoms with van der Waals surface area (Å²) >= 11 is 6.03. The van der Waals surface area contributed by atoms with E-state index in [1.54, 1.807) is 35.5 Å². The molecule has 1 aliphatic rings. The van der Waals surface area contributed by atoms with Crippen LogP contribution in [0.15, 0.2) is 70.1 Å². The second kappa shape index (κ2) is 8.20. The molecule has 0 bridgehead atoms. The molecule has 5 rings (SSSR count). The molecular weight excluding hydrogens is 448 g/mol. The molecule has 0 saturated carbocycles. The van der Waals surface area contributed by atoms with Crippen molar-refractivity contribution in [3.05, 3.63) is 71.6 Å². The van der Waals surface area contributed by atoms with Gasteiger partial charge in [-0.1, -0.05) is 28.9 Å². The number of fused-ring (bicyclic) bond motifs is 1. The minimum atomic E-state index is -3.56. The number of benzene rings is 3. The van der Waals surface area contributed by atoms with Gasteiger partial charge in [0.15, 0.2) is 0 Å². The number of aryl methyl sites for hydroxylation is 1. The van der Waals surface area contributed by atoms with Gasteiger partial charge in [-0.25, -0.2) is 8.42 Å². The Bertz CT molecular complexity index is 1380. The van der Waals surface area contributed by atoms with E-state index >= 15 is 0 Å². The van der Waals surface area contributed by atoms with Gasteiger partial charge in [-0.05, 0) is 59.3 Å². The smallest absolute Gasteiger partial charge is 0.243 e. The van der Waals surface area contributed by atoms with Crippen molar-refractivity contribution in [3.8, 4) is 11.4 Å². The van der Waals surface area contributed by atoms with Crippen molar-refractivity contribution in [1.29, 1.82) is 0 Å². The van der Waals surface area contributed by atoms with Crippen LogP contribution < -0.4 is 4.90 Å². The molecule has 1 saturated heterocycles. The van der Waals surface area contributed by atoms with Gasteiger partial charge >= 0.3 is 0 Å². The first-order valence-electron chi connectivity index (χ1n) is 10.3. The number of halogens is 1. The zero-order valence-electron chi connectivity index (χ0n) is 17.4. The largest absolute Gasteiger partial charge is 0.369 e. The van der Waals surface area contributed by atoms with Gasteiger partial charge in [0.1, 0.15) is 0 Å². The molecule has 0 spiro atoms. The lowest BCUT2D eigenvalue weighted by Gasteiger charge is -2.35. The van der Waals surface area contributed by atoms with E-state index in [9.17, 15) is 8.42 Å². The summed E-state index contributed by atoms with van der Waals surface area (Å²) in [6.07, 6.45) is 0. The average Bonchev–Trinajstić information content (AvgIpc) is 3.25. The van der Waals surface area contributed by atoms with Crippen LogP contribution in [0.25, 0.3) is 22.2 Å². The third-order valence-corrected chi connectivity index (χ3v) is 7.80. The zero-order chi connectivity index (χ0) is 22.3. The number of rotatable bonds is 4. The highest BCUT2D eigenvalue weighted by Gasteiger charge is 2.28. The van der Waals surface area contributed by atoms with Crippen molar-refractivity contribution in [3.63, 3.8) is 0 Å². The molecule has 0 amide bonds. The number of aromatic nitrogens is 2. The quantitative estimate of drug-likeness (QED) is 0.442. The first kappa shape index (κ1) is 20.9. The van der Waals surface area contributed by atoms with Crippen LogP contribution >= 0.6 is 11.6 Å². The number of anilines is 1. The maximum atomic E-state index is 13.2. The molecule has 9 heteroatoms. The number of hydrogen-bond acceptors (Lipinski definition) is 6. The van der Waals surface area contributed by atoms with E-state index in [-0.39, 0.29) is 0 Å². The maximum Gasteiger partial charge on any atom is 0.243 e. The molecule has 4 aromatic rings. The fourth-order valence-electron chi connectivity index (χ4n) is 3.93. The second-order valence-corrected chi connectivity index (χ2v) is 10.1. The van der Waals surface area contributed by atoms with E-state index in [4.69, 9.17) is 16.1 Å². The minimum Gasteiger partial charge on any atom is -0.369 e. The maximum absolute atomic E-state index is 13.2. The summed E-state index contributed by atoms with van der Waals surface area (Å²) in [5.74, 6) is 1.08. The number of nitrogens with zero attached hydrogens (tertiary/aromatic N) is 4. The van der Waals surface area contributed by atoms with Crippen LogP contribution in [-0.2, 0) is 10.0 Å². The summed E-state index contributed by atoms with van der Waals surface area (Å²) in [4.78, 5) is 6.73. The van der Waals surface area contributed by atoms with Crippen molar-refractivity contribution in [2.75, 3.05) is 31.1 Å². The summed E-state index contributed by atoms with van der Waals surface area (Å²) in [7, 11) is -3.56. The van der Waals surface area contributed by atoms with E-state index in [1.165, 1.54) is 0 Å². The lowest BCUT2D eigenvalue weighted by Crippen LogP contribution is -2.48. The highest BCUT2D eigenvalue weighted by molar-refractivity contribution is 7.89. The Morgan fingerprint density at radius 2 is 1.59 bits per heavy atom. The molecule has 0 unspecified atom stereocenters. The van der Waals surface area contributed by atoms with Gasteiger partial charge in [-0.2, -0.15) is 9.29 Å². The van der Waals surface area contributed by atoms with E-state index in [2.05, 4.69) is 15.0 Å². The lowest BCUT2D eigenvalue weighted by molar-refractivity contribution is 0.385. The van der Waals surface area contributed by atoms with Crippen LogP contribution in [0, 0.1) is 6.92 Å². The molecule has 0 radical (unpaired) electrons. The summed E-state index contributed by atoms with van der Waals surface area (Å²) < 4.78 is 33.0. The Morgan fingerprint density at radius 3 is 2.28 bits per heavy atom. The summed E-state index contributed by atoms with van der Waals surface area (Å²) in [6.45, 7) is 3.83. The normalized spacial score (nSPS) is 15.4. The summed E-state index contributed by atoms with van der Waals surface area (Å²) in [6, 6.07) is 18.5. The van der Waals surface area contributed by atoms with Gasteiger partial charge in [-0.15, -0.1) is 0 Å². The highest BCUT2D eigenvalue weighted by atomic mass is 35.5. The summed E-state index contributed by atoms with van der Waals surface area (Å²) in [5, 5.41) is 6.34. The van der Waals surface area contributed by atoms with Crippen molar-refractivity contribution in [1.82, 2.24) is 14.4 Å². The number of sulfonamides is 1. The van der Waals surface area contributed by atoms with Crippen LogP contribution in [0.4, 0.5) is 5.69 Å². The van der Waals surface area contributed by atoms with Crippen LogP contribution in [0.5, 0.6) is 0 Å². The molecule has 2 heterocycles. The predicted molar refractivity (Wildman–Crippen MR) is 124 cm³/mol. The van der Waals surface area contributed by atoms with Gasteiger partial charge < -0.3 is 9.42 Å². The Hall–Kier alpha value is -2.94. The monoisotopic (exact) mass is 468 g/mol. The zero-order valence-corrected chi connectivity index (χ0v) is 19.0. The van der Waals surface area contributed by atoms with E-state index in [1.807, 2.05) is 36.4 Å². The highest BCUT2D eigenvalue weighted by Crippen LogP contribution is 2.27. The fourth-order valence-corrected chi connectivity index (χ4v) is 5.57. The molecule has 164 valence electrons. The lowest BCUT2D eigenvalue weighted by atomic mass is 10.1. The number of hydrogen-bond donors (Lipinski definition) is 0. The molecule has 0 N–H and O–H groups in total. The molecule has 1 aromatic heterocycles. The van der Waals surface area contributed by atoms with E-state index < -0.39 is 10.0 Å². The molecule has 1 aliphatic heterocycles. The van der Waals surface area contributed by atoms with Crippen molar-refractivity contribution >= 4 is 38.1 Å². The molecule has 32 heavy (non-hydrogen) atoms. The topological polar surface area (TPSA) is 79.5 Å². The Morgan fingerprint density at radius 1 is 0.906 bits per heavy atom. The van der Waals surface area contributed by atoms with Crippen LogP contribution in [-0.4, -0.2) is 49.0 Å². The van der Waals surface area contributed by atoms with Crippen molar-refractivity contribution in [2.24, 2.45) is 0 Å². The Kier molecular flexibility index (Phi) is 5.36. The SMILES string of the molecule is Cc1nc(-c2ccc(N3CCN(S(=O)(=O)c4ccc5cc(Cl)ccc5c4)CC3)cc2)no1. The Labute approximate surface area is 191 Å². The number of piperazine rings is 1. The van der Waals surface area contributed by atoms with Crippen LogP contribution in [0.2, 0.25) is 5.02 Å². The third kappa shape index (κ3) is 3.97. The first-order valence-corrected chi connectivity index (χ1v) is 12.1. The van der Waals surface area contributed by atoms with Crippen LogP contribution in [0.1, 0.15) is 5.89 Å². The average molecular weight is 469 g/mol. The van der Waals surface area contributed by atoms with Gasteiger partial charge in [-0.3, -0.25) is 0 Å². The molecule has 7 nitrogen and oxygen atoms in total. The molecular formula is C23H21ClN4O3S. The Balaban J connectivity index is 1.29. The fraction of sp³-hybridized carbons (Fsp3) is 0.217. The van der Waals surface area contributed by atoms with Crippen LogP contribution in [0.3, 0.4) is 0 Å². The van der Waals surface area contributed by atoms with Crippen molar-refractivity contribution in [2.45, 2.75) is 11.8 Å². The first-order chi connectivity index (χ1) is 15.4. The standard InChI is InChI=1S/C23H21ClN4O3S/c1-16-25-23(26-31-16)17-3-7-21(8-4-17)27-10-12-28(13-11-27)32(29,30)22-9-5-18-14-20(24)6-2-19(18)15-22/h2-9,14-15H,10-13H2,1H3. The van der Waals surface area contributed by atoms with Crippen molar-refractivity contribution < 1.29 is 12.9 Å². The van der Waals surface area contributed by atoms with E-state index in [0.717, 1.165) is 22.0 Å². The van der Waals surface area contributed by atoms with E-state index in [0.29, 0.717) is 47.8 Å².